The molecular weight excluding hydrogens is 312 g/mol. The molecule has 1 saturated heterocycles. The van der Waals surface area contributed by atoms with Gasteiger partial charge < -0.3 is 10.2 Å². The second kappa shape index (κ2) is 7.34. The Morgan fingerprint density at radius 1 is 1.17 bits per heavy atom. The summed E-state index contributed by atoms with van der Waals surface area (Å²) in [7, 11) is -3.17. The third-order valence-corrected chi connectivity index (χ3v) is 6.01. The minimum atomic E-state index is -3.17. The summed E-state index contributed by atoms with van der Waals surface area (Å²) < 4.78 is 23.5. The van der Waals surface area contributed by atoms with Gasteiger partial charge in [-0.25, -0.2) is 13.2 Å². The number of rotatable bonds is 4. The van der Waals surface area contributed by atoms with Gasteiger partial charge in [0.2, 0.25) is 0 Å². The molecule has 128 valence electrons. The van der Waals surface area contributed by atoms with Gasteiger partial charge in [0.25, 0.3) is 0 Å². The van der Waals surface area contributed by atoms with Crippen molar-refractivity contribution in [2.75, 3.05) is 18.8 Å². The highest BCUT2D eigenvalue weighted by Crippen LogP contribution is 2.21. The average Bonchev–Trinajstić information content (AvgIpc) is 2.52. The molecule has 5 nitrogen and oxygen atoms in total. The molecule has 0 unspecified atom stereocenters. The molecule has 0 bridgehead atoms. The number of sulfone groups is 1. The minimum Gasteiger partial charge on any atom is -0.334 e. The Kier molecular flexibility index (Phi) is 5.68. The first-order chi connectivity index (χ1) is 10.8. The Labute approximate surface area is 139 Å². The van der Waals surface area contributed by atoms with Crippen molar-refractivity contribution in [3.63, 3.8) is 0 Å². The molecule has 6 heteroatoms. The lowest BCUT2D eigenvalue weighted by Gasteiger charge is -2.34. The zero-order chi connectivity index (χ0) is 17.0. The number of nitrogens with one attached hydrogen (secondary N) is 1. The fourth-order valence-corrected chi connectivity index (χ4v) is 3.98. The monoisotopic (exact) mass is 338 g/mol. The number of piperidine rings is 1. The van der Waals surface area contributed by atoms with Gasteiger partial charge >= 0.3 is 6.03 Å². The Balaban J connectivity index is 1.92. The molecule has 1 heterocycles. The lowest BCUT2D eigenvalue weighted by atomic mass is 9.92. The third kappa shape index (κ3) is 4.70. The summed E-state index contributed by atoms with van der Waals surface area (Å²) >= 11 is 0. The van der Waals surface area contributed by atoms with E-state index in [1.54, 1.807) is 31.2 Å². The van der Waals surface area contributed by atoms with E-state index in [1.807, 2.05) is 4.90 Å². The van der Waals surface area contributed by atoms with Gasteiger partial charge in [-0.05, 0) is 36.0 Å². The van der Waals surface area contributed by atoms with Gasteiger partial charge in [-0.15, -0.1) is 0 Å². The topological polar surface area (TPSA) is 66.5 Å². The quantitative estimate of drug-likeness (QED) is 0.918. The van der Waals surface area contributed by atoms with Crippen molar-refractivity contribution in [1.29, 1.82) is 0 Å². The van der Waals surface area contributed by atoms with E-state index in [1.165, 1.54) is 0 Å². The van der Waals surface area contributed by atoms with E-state index in [9.17, 15) is 13.2 Å². The Morgan fingerprint density at radius 2 is 1.74 bits per heavy atom. The summed E-state index contributed by atoms with van der Waals surface area (Å²) in [5.74, 6) is 1.15. The predicted octanol–water partition coefficient (Wildman–Crippen LogP) is 2.67. The number of benzene rings is 1. The molecule has 1 aromatic carbocycles. The van der Waals surface area contributed by atoms with Gasteiger partial charge in [-0.1, -0.05) is 32.9 Å². The van der Waals surface area contributed by atoms with Crippen LogP contribution < -0.4 is 5.32 Å². The minimum absolute atomic E-state index is 0.0475. The molecule has 1 aromatic rings. The number of amides is 2. The summed E-state index contributed by atoms with van der Waals surface area (Å²) in [5.41, 5.74) is 0.895. The zero-order valence-electron chi connectivity index (χ0n) is 14.1. The molecule has 0 aromatic heterocycles. The van der Waals surface area contributed by atoms with E-state index >= 15 is 0 Å². The van der Waals surface area contributed by atoms with Crippen LogP contribution in [-0.4, -0.2) is 38.2 Å². The summed E-state index contributed by atoms with van der Waals surface area (Å²) in [6, 6.07) is 6.67. The molecule has 2 amide bonds. The molecule has 0 radical (unpaired) electrons. The molecule has 0 saturated carbocycles. The molecule has 0 spiro atoms. The van der Waals surface area contributed by atoms with Crippen LogP contribution >= 0.6 is 0 Å². The molecule has 2 atom stereocenters. The van der Waals surface area contributed by atoms with Crippen LogP contribution in [0.1, 0.15) is 32.8 Å². The number of hydrogen-bond acceptors (Lipinski definition) is 3. The van der Waals surface area contributed by atoms with Gasteiger partial charge in [0.05, 0.1) is 10.6 Å². The zero-order valence-corrected chi connectivity index (χ0v) is 14.9. The van der Waals surface area contributed by atoms with Gasteiger partial charge in [-0.2, -0.15) is 0 Å². The van der Waals surface area contributed by atoms with Crippen LogP contribution in [0.3, 0.4) is 0 Å². The Hall–Kier alpha value is -1.56. The molecule has 1 N–H and O–H groups in total. The summed E-state index contributed by atoms with van der Waals surface area (Å²) in [6.45, 7) is 7.97. The lowest BCUT2D eigenvalue weighted by molar-refractivity contribution is 0.146. The summed E-state index contributed by atoms with van der Waals surface area (Å²) in [6.07, 6.45) is 1.16. The van der Waals surface area contributed by atoms with Crippen LogP contribution in [0.5, 0.6) is 0 Å². The molecule has 1 fully saturated rings. The number of carbonyl (C=O) groups is 1. The second-order valence-corrected chi connectivity index (χ2v) is 8.84. The number of carbonyl (C=O) groups excluding carboxylic acids is 1. The molecule has 1 aliphatic rings. The summed E-state index contributed by atoms with van der Waals surface area (Å²) in [4.78, 5) is 14.5. The van der Waals surface area contributed by atoms with Gasteiger partial charge in [0, 0.05) is 19.6 Å². The highest BCUT2D eigenvalue weighted by atomic mass is 32.2. The van der Waals surface area contributed by atoms with Crippen LogP contribution in [-0.2, 0) is 16.4 Å². The van der Waals surface area contributed by atoms with Crippen molar-refractivity contribution in [2.24, 2.45) is 11.8 Å². The van der Waals surface area contributed by atoms with E-state index < -0.39 is 9.84 Å². The standard InChI is InChI=1S/C17H26N2O3S/c1-4-23(21,22)16-7-5-15(6-8-16)10-18-17(20)19-11-13(2)9-14(3)12-19/h5-8,13-14H,4,9-12H2,1-3H3,(H,18,20)/t13-,14+. The Bertz CT molecular complexity index is 630. The highest BCUT2D eigenvalue weighted by Gasteiger charge is 2.25. The number of urea groups is 1. The first-order valence-corrected chi connectivity index (χ1v) is 9.81. The van der Waals surface area contributed by atoms with Crippen molar-refractivity contribution in [3.8, 4) is 0 Å². The number of likely N-dealkylation sites (tertiary alicyclic amines) is 1. The second-order valence-electron chi connectivity index (χ2n) is 6.56. The lowest BCUT2D eigenvalue weighted by Crippen LogP contribution is -2.47. The smallest absolute Gasteiger partial charge is 0.317 e. The molecule has 1 aliphatic heterocycles. The summed E-state index contributed by atoms with van der Waals surface area (Å²) in [5, 5.41) is 2.92. The van der Waals surface area contributed by atoms with Gasteiger partial charge in [-0.3, -0.25) is 0 Å². The van der Waals surface area contributed by atoms with Crippen LogP contribution in [0.2, 0.25) is 0 Å². The first kappa shape index (κ1) is 17.8. The maximum Gasteiger partial charge on any atom is 0.317 e. The van der Waals surface area contributed by atoms with Crippen LogP contribution in [0.15, 0.2) is 29.2 Å². The van der Waals surface area contributed by atoms with Crippen molar-refractivity contribution in [1.82, 2.24) is 10.2 Å². The van der Waals surface area contributed by atoms with Crippen molar-refractivity contribution in [3.05, 3.63) is 29.8 Å². The maximum atomic E-state index is 12.3. The van der Waals surface area contributed by atoms with E-state index in [0.717, 1.165) is 25.1 Å². The van der Waals surface area contributed by atoms with E-state index in [-0.39, 0.29) is 11.8 Å². The number of hydrogen-bond donors (Lipinski definition) is 1. The SMILES string of the molecule is CCS(=O)(=O)c1ccc(CNC(=O)N2C[C@H](C)C[C@H](C)C2)cc1. The molecular formula is C17H26N2O3S. The molecule has 0 aliphatic carbocycles. The van der Waals surface area contributed by atoms with Crippen LogP contribution in [0.25, 0.3) is 0 Å². The van der Waals surface area contributed by atoms with Crippen LogP contribution in [0, 0.1) is 11.8 Å². The molecule has 23 heavy (non-hydrogen) atoms. The first-order valence-electron chi connectivity index (χ1n) is 8.16. The van der Waals surface area contributed by atoms with Gasteiger partial charge in [0.15, 0.2) is 9.84 Å². The average molecular weight is 338 g/mol. The van der Waals surface area contributed by atoms with E-state index in [4.69, 9.17) is 0 Å². The third-order valence-electron chi connectivity index (χ3n) is 4.26. The number of nitrogens with zero attached hydrogens (tertiary/aromatic N) is 1. The van der Waals surface area contributed by atoms with E-state index in [2.05, 4.69) is 19.2 Å². The Morgan fingerprint density at radius 3 is 2.26 bits per heavy atom. The maximum absolute atomic E-state index is 12.3. The highest BCUT2D eigenvalue weighted by molar-refractivity contribution is 7.91. The van der Waals surface area contributed by atoms with Crippen molar-refractivity contribution < 1.29 is 13.2 Å². The van der Waals surface area contributed by atoms with Crippen molar-refractivity contribution in [2.45, 2.75) is 38.6 Å². The van der Waals surface area contributed by atoms with Gasteiger partial charge in [0.1, 0.15) is 0 Å². The van der Waals surface area contributed by atoms with E-state index in [0.29, 0.717) is 23.3 Å². The largest absolute Gasteiger partial charge is 0.334 e. The molecule has 2 rings (SSSR count). The fraction of sp³-hybridized carbons (Fsp3) is 0.588. The van der Waals surface area contributed by atoms with Crippen LogP contribution in [0.4, 0.5) is 4.79 Å². The predicted molar refractivity (Wildman–Crippen MR) is 90.9 cm³/mol. The fourth-order valence-electron chi connectivity index (χ4n) is 3.10. The normalized spacial score (nSPS) is 22.0. The van der Waals surface area contributed by atoms with Crippen molar-refractivity contribution >= 4 is 15.9 Å².